The van der Waals surface area contributed by atoms with Crippen LogP contribution in [0.1, 0.15) is 27.7 Å². The maximum absolute atomic E-state index is 13.3. The summed E-state index contributed by atoms with van der Waals surface area (Å²) in [4.78, 5) is 46.8. The zero-order valence-corrected chi connectivity index (χ0v) is 21.5. The first-order valence-corrected chi connectivity index (χ1v) is 12.8. The van der Waals surface area contributed by atoms with E-state index in [9.17, 15) is 23.7 Å². The van der Waals surface area contributed by atoms with Crippen LogP contribution >= 0.6 is 30.9 Å². The van der Waals surface area contributed by atoms with Crippen molar-refractivity contribution in [3.63, 3.8) is 0 Å². The summed E-state index contributed by atoms with van der Waals surface area (Å²) in [6.45, 7) is 4.05. The van der Waals surface area contributed by atoms with Gasteiger partial charge in [0.15, 0.2) is 18.3 Å². The van der Waals surface area contributed by atoms with Gasteiger partial charge >= 0.3 is 31.5 Å². The Morgan fingerprint density at radius 3 is 1.71 bits per heavy atom. The summed E-state index contributed by atoms with van der Waals surface area (Å²) in [5, 5.41) is 5.20. The molecule has 13 nitrogen and oxygen atoms in total. The van der Waals surface area contributed by atoms with Gasteiger partial charge in [-0.1, -0.05) is 0 Å². The van der Waals surface area contributed by atoms with Crippen LogP contribution in [0.2, 0.25) is 0 Å². The number of carbonyl (C=O) groups excluding carboxylic acids is 4. The predicted octanol–water partition coefficient (Wildman–Crippen LogP) is 0.851. The van der Waals surface area contributed by atoms with Crippen molar-refractivity contribution in [1.29, 1.82) is 0 Å². The molecule has 0 aliphatic carbocycles. The third kappa shape index (κ3) is 10.4. The zero-order chi connectivity index (χ0) is 25.9. The van der Waals surface area contributed by atoms with Crippen LogP contribution < -0.4 is 10.2 Å². The third-order valence-corrected chi connectivity index (χ3v) is 6.19. The second-order valence-electron chi connectivity index (χ2n) is 6.92. The van der Waals surface area contributed by atoms with E-state index in [1.807, 2.05) is 0 Å². The summed E-state index contributed by atoms with van der Waals surface area (Å²) in [6, 6.07) is 0. The number of hydrogen-bond donors (Lipinski definition) is 2. The lowest BCUT2D eigenvalue weighted by Gasteiger charge is -2.44. The summed E-state index contributed by atoms with van der Waals surface area (Å²) >= 11 is 11.4. The second kappa shape index (κ2) is 14.8. The van der Waals surface area contributed by atoms with E-state index in [-0.39, 0.29) is 24.8 Å². The van der Waals surface area contributed by atoms with E-state index < -0.39 is 68.9 Å². The van der Waals surface area contributed by atoms with Crippen LogP contribution in [0.3, 0.4) is 0 Å². The van der Waals surface area contributed by atoms with Gasteiger partial charge in [0.2, 0.25) is 6.29 Å². The van der Waals surface area contributed by atoms with Gasteiger partial charge < -0.3 is 23.7 Å². The van der Waals surface area contributed by atoms with E-state index in [0.717, 1.165) is 27.7 Å². The normalized spacial score (nSPS) is 24.7. The van der Waals surface area contributed by atoms with Gasteiger partial charge in [-0.15, -0.1) is 23.2 Å². The van der Waals surface area contributed by atoms with E-state index in [1.165, 1.54) is 0 Å². The minimum Gasteiger partial charge on any atom is -0.463 e. The van der Waals surface area contributed by atoms with E-state index in [0.29, 0.717) is 0 Å². The topological polar surface area (TPSA) is 165 Å². The zero-order valence-electron chi connectivity index (χ0n) is 19.1. The Labute approximate surface area is 206 Å². The minimum atomic E-state index is -3.92. The average molecular weight is 551 g/mol. The third-order valence-electron chi connectivity index (χ3n) is 4.03. The van der Waals surface area contributed by atoms with Gasteiger partial charge in [0.25, 0.3) is 0 Å². The van der Waals surface area contributed by atoms with Crippen LogP contribution in [-0.2, 0) is 52.0 Å². The predicted molar refractivity (Wildman–Crippen MR) is 118 cm³/mol. The largest absolute Gasteiger partial charge is 0.463 e. The van der Waals surface area contributed by atoms with Crippen LogP contribution in [0.15, 0.2) is 0 Å². The van der Waals surface area contributed by atoms with Gasteiger partial charge in [0.1, 0.15) is 12.7 Å². The average Bonchev–Trinajstić information content (AvgIpc) is 2.73. The number of esters is 4. The van der Waals surface area contributed by atoms with Gasteiger partial charge in [-0.3, -0.25) is 28.3 Å². The van der Waals surface area contributed by atoms with Crippen LogP contribution in [0.4, 0.5) is 0 Å². The molecule has 1 aliphatic heterocycles. The van der Waals surface area contributed by atoms with E-state index >= 15 is 0 Å². The number of rotatable bonds is 13. The molecule has 0 aromatic rings. The smallest absolute Gasteiger partial charge is 0.343 e. The SMILES string of the molecule is CC(=O)OC[C@H]1O[C@@H](OP(=O)(NCCCl)NCCCl)[C@H](OC(C)=O)[C@@H](OC(C)=O)[C@@H]1OC(C)=O. The maximum atomic E-state index is 13.3. The number of halogens is 2. The standard InChI is InChI=1S/C18H29Cl2N2O11P/c1-10(23)28-9-14-15(29-11(2)24)16(30-12(3)25)17(31-13(4)26)18(32-14)33-34(27,21-7-5-19)22-8-6-20/h14-18H,5-9H2,1-4H3,(H2,21,22,27)/t14-,15-,16+,17-,18+/m1/s1. The summed E-state index contributed by atoms with van der Waals surface area (Å²) in [5.74, 6) is -2.93. The molecule has 0 aromatic heterocycles. The van der Waals surface area contributed by atoms with Crippen molar-refractivity contribution in [2.75, 3.05) is 31.5 Å². The van der Waals surface area contributed by atoms with Crippen molar-refractivity contribution in [2.24, 2.45) is 0 Å². The Bertz CT molecular complexity index is 760. The molecular formula is C18H29Cl2N2O11P. The van der Waals surface area contributed by atoms with Crippen LogP contribution in [-0.4, -0.2) is 86.0 Å². The molecule has 1 heterocycles. The monoisotopic (exact) mass is 550 g/mol. The second-order valence-corrected chi connectivity index (χ2v) is 9.62. The molecule has 0 saturated carbocycles. The first-order chi connectivity index (χ1) is 15.9. The summed E-state index contributed by atoms with van der Waals surface area (Å²) in [7, 11) is -3.92. The van der Waals surface area contributed by atoms with Crippen molar-refractivity contribution in [3.8, 4) is 0 Å². The number of hydrogen-bond acceptors (Lipinski definition) is 11. The molecule has 0 unspecified atom stereocenters. The van der Waals surface area contributed by atoms with Crippen molar-refractivity contribution < 1.29 is 52.0 Å². The Morgan fingerprint density at radius 1 is 0.794 bits per heavy atom. The highest BCUT2D eigenvalue weighted by atomic mass is 35.5. The van der Waals surface area contributed by atoms with Crippen molar-refractivity contribution >= 4 is 54.7 Å². The van der Waals surface area contributed by atoms with Gasteiger partial charge in [-0.25, -0.2) is 10.2 Å². The van der Waals surface area contributed by atoms with Crippen LogP contribution in [0, 0.1) is 0 Å². The van der Waals surface area contributed by atoms with Crippen molar-refractivity contribution in [2.45, 2.75) is 58.4 Å². The quantitative estimate of drug-likeness (QED) is 0.143. The van der Waals surface area contributed by atoms with Gasteiger partial charge in [0, 0.05) is 52.5 Å². The Balaban J connectivity index is 3.44. The molecule has 0 bridgehead atoms. The summed E-state index contributed by atoms with van der Waals surface area (Å²) < 4.78 is 45.5. The molecule has 16 heteroatoms. The molecule has 2 N–H and O–H groups in total. The molecule has 0 spiro atoms. The maximum Gasteiger partial charge on any atom is 0.343 e. The first-order valence-electron chi connectivity index (χ1n) is 10.1. The van der Waals surface area contributed by atoms with Gasteiger partial charge in [-0.2, -0.15) is 0 Å². The fourth-order valence-corrected chi connectivity index (χ4v) is 4.92. The van der Waals surface area contributed by atoms with E-state index in [4.69, 9.17) is 51.4 Å². The first kappa shape index (κ1) is 30.6. The van der Waals surface area contributed by atoms with Crippen molar-refractivity contribution in [3.05, 3.63) is 0 Å². The highest BCUT2D eigenvalue weighted by Gasteiger charge is 2.54. The van der Waals surface area contributed by atoms with Crippen molar-refractivity contribution in [1.82, 2.24) is 10.2 Å². The molecule has 1 aliphatic rings. The minimum absolute atomic E-state index is 0.0550. The molecule has 0 radical (unpaired) electrons. The lowest BCUT2D eigenvalue weighted by molar-refractivity contribution is -0.289. The molecule has 1 saturated heterocycles. The molecule has 0 aromatic carbocycles. The highest BCUT2D eigenvalue weighted by molar-refractivity contribution is 7.54. The number of alkyl halides is 2. The number of nitrogens with one attached hydrogen (secondary N) is 2. The van der Waals surface area contributed by atoms with Gasteiger partial charge in [0.05, 0.1) is 0 Å². The number of carbonyl (C=O) groups is 4. The van der Waals surface area contributed by atoms with E-state index in [1.54, 1.807) is 0 Å². The molecule has 5 atom stereocenters. The fraction of sp³-hybridized carbons (Fsp3) is 0.778. The molecular weight excluding hydrogens is 522 g/mol. The van der Waals surface area contributed by atoms with Crippen LogP contribution in [0.5, 0.6) is 0 Å². The Hall–Kier alpha value is -1.47. The number of ether oxygens (including phenoxy) is 5. The van der Waals surface area contributed by atoms with Crippen LogP contribution in [0.25, 0.3) is 0 Å². The molecule has 196 valence electrons. The fourth-order valence-electron chi connectivity index (χ4n) is 2.93. The highest BCUT2D eigenvalue weighted by Crippen LogP contribution is 2.43. The molecule has 1 rings (SSSR count). The molecule has 1 fully saturated rings. The lowest BCUT2D eigenvalue weighted by atomic mass is 9.98. The lowest BCUT2D eigenvalue weighted by Crippen LogP contribution is -2.63. The Kier molecular flexibility index (Phi) is 13.3. The van der Waals surface area contributed by atoms with E-state index in [2.05, 4.69) is 10.2 Å². The Morgan fingerprint density at radius 2 is 1.26 bits per heavy atom. The van der Waals surface area contributed by atoms with Gasteiger partial charge in [-0.05, 0) is 0 Å². The summed E-state index contributed by atoms with van der Waals surface area (Å²) in [5.41, 5.74) is 0. The summed E-state index contributed by atoms with van der Waals surface area (Å²) in [6.07, 6.45) is -7.22. The molecule has 0 amide bonds. The molecule has 34 heavy (non-hydrogen) atoms.